The van der Waals surface area contributed by atoms with Crippen molar-refractivity contribution in [2.75, 3.05) is 13.2 Å². The molecule has 1 heterocycles. The van der Waals surface area contributed by atoms with Crippen molar-refractivity contribution in [2.45, 2.75) is 33.4 Å². The van der Waals surface area contributed by atoms with E-state index in [0.29, 0.717) is 19.8 Å². The van der Waals surface area contributed by atoms with E-state index in [1.165, 1.54) is 0 Å². The predicted octanol–water partition coefficient (Wildman–Crippen LogP) is 1.45. The second kappa shape index (κ2) is 5.71. The predicted molar refractivity (Wildman–Crippen MR) is 76.7 cm³/mol. The van der Waals surface area contributed by atoms with Crippen LogP contribution in [0.2, 0.25) is 0 Å². The minimum absolute atomic E-state index is 0.146. The molecule has 0 aliphatic carbocycles. The third-order valence-corrected chi connectivity index (χ3v) is 3.29. The number of rotatable bonds is 3. The van der Waals surface area contributed by atoms with Crippen LogP contribution in [0.5, 0.6) is 11.5 Å². The number of benzene rings is 1. The number of amides is 1. The molecule has 0 radical (unpaired) electrons. The molecule has 1 aromatic rings. The third kappa shape index (κ3) is 3.42. The van der Waals surface area contributed by atoms with E-state index in [4.69, 9.17) is 15.2 Å². The summed E-state index contributed by atoms with van der Waals surface area (Å²) in [6.07, 6.45) is 0. The zero-order chi connectivity index (χ0) is 14.8. The first-order valence-corrected chi connectivity index (χ1v) is 6.80. The molecule has 1 aliphatic rings. The van der Waals surface area contributed by atoms with Gasteiger partial charge in [-0.1, -0.05) is 26.8 Å². The van der Waals surface area contributed by atoms with Crippen molar-refractivity contribution in [2.24, 2.45) is 11.1 Å². The standard InChI is InChI=1S/C15H22N2O3/c1-15(2,3)13(16)14(18)17-9-10-4-5-11-12(8-10)20-7-6-19-11/h4-5,8,13H,6-7,9,16H2,1-3H3,(H,17,18)/t13-/m1/s1. The van der Waals surface area contributed by atoms with Gasteiger partial charge in [0.2, 0.25) is 5.91 Å². The second-order valence-corrected chi connectivity index (χ2v) is 6.04. The molecule has 0 aromatic heterocycles. The van der Waals surface area contributed by atoms with E-state index in [9.17, 15) is 4.79 Å². The number of hydrogen-bond acceptors (Lipinski definition) is 4. The lowest BCUT2D eigenvalue weighted by Gasteiger charge is -2.26. The molecule has 0 spiro atoms. The van der Waals surface area contributed by atoms with Crippen LogP contribution in [0.15, 0.2) is 18.2 Å². The summed E-state index contributed by atoms with van der Waals surface area (Å²) in [4.78, 5) is 12.0. The molecule has 110 valence electrons. The van der Waals surface area contributed by atoms with Gasteiger partial charge < -0.3 is 20.5 Å². The molecule has 0 saturated carbocycles. The molecule has 1 amide bonds. The zero-order valence-corrected chi connectivity index (χ0v) is 12.2. The summed E-state index contributed by atoms with van der Waals surface area (Å²) in [5.74, 6) is 1.33. The lowest BCUT2D eigenvalue weighted by molar-refractivity contribution is -0.124. The average molecular weight is 278 g/mol. The van der Waals surface area contributed by atoms with Crippen molar-refractivity contribution < 1.29 is 14.3 Å². The first-order chi connectivity index (χ1) is 9.38. The van der Waals surface area contributed by atoms with Crippen LogP contribution in [0.25, 0.3) is 0 Å². The maximum Gasteiger partial charge on any atom is 0.237 e. The molecule has 1 aromatic carbocycles. The van der Waals surface area contributed by atoms with Gasteiger partial charge >= 0.3 is 0 Å². The summed E-state index contributed by atoms with van der Waals surface area (Å²) < 4.78 is 11.0. The molecule has 5 nitrogen and oxygen atoms in total. The number of hydrogen-bond donors (Lipinski definition) is 2. The molecular weight excluding hydrogens is 256 g/mol. The van der Waals surface area contributed by atoms with E-state index in [1.54, 1.807) is 0 Å². The van der Waals surface area contributed by atoms with E-state index >= 15 is 0 Å². The summed E-state index contributed by atoms with van der Waals surface area (Å²) in [6, 6.07) is 5.13. The number of nitrogens with two attached hydrogens (primary N) is 1. The van der Waals surface area contributed by atoms with E-state index in [1.807, 2.05) is 39.0 Å². The lowest BCUT2D eigenvalue weighted by Crippen LogP contribution is -2.48. The Morgan fingerprint density at radius 1 is 1.30 bits per heavy atom. The minimum Gasteiger partial charge on any atom is -0.486 e. The first kappa shape index (κ1) is 14.7. The Kier molecular flexibility index (Phi) is 4.18. The molecule has 0 fully saturated rings. The van der Waals surface area contributed by atoms with Crippen LogP contribution >= 0.6 is 0 Å². The molecule has 0 saturated heterocycles. The van der Waals surface area contributed by atoms with Crippen molar-refractivity contribution in [3.63, 3.8) is 0 Å². The van der Waals surface area contributed by atoms with Crippen LogP contribution in [-0.2, 0) is 11.3 Å². The van der Waals surface area contributed by atoms with Crippen molar-refractivity contribution in [3.8, 4) is 11.5 Å². The Balaban J connectivity index is 1.96. The van der Waals surface area contributed by atoms with Crippen molar-refractivity contribution in [3.05, 3.63) is 23.8 Å². The normalized spacial score (nSPS) is 15.6. The van der Waals surface area contributed by atoms with Gasteiger partial charge in [-0.05, 0) is 23.1 Å². The Labute approximate surface area is 119 Å². The molecule has 1 atom stereocenters. The maximum absolute atomic E-state index is 12.0. The molecule has 2 rings (SSSR count). The van der Waals surface area contributed by atoms with Crippen LogP contribution in [0.1, 0.15) is 26.3 Å². The lowest BCUT2D eigenvalue weighted by atomic mass is 9.87. The second-order valence-electron chi connectivity index (χ2n) is 6.04. The maximum atomic E-state index is 12.0. The highest BCUT2D eigenvalue weighted by Crippen LogP contribution is 2.30. The molecule has 1 aliphatic heterocycles. The van der Waals surface area contributed by atoms with Crippen LogP contribution < -0.4 is 20.5 Å². The summed E-state index contributed by atoms with van der Waals surface area (Å²) in [5.41, 5.74) is 6.62. The van der Waals surface area contributed by atoms with E-state index in [2.05, 4.69) is 5.32 Å². The fourth-order valence-electron chi connectivity index (χ4n) is 1.89. The Morgan fingerprint density at radius 2 is 1.95 bits per heavy atom. The topological polar surface area (TPSA) is 73.6 Å². The van der Waals surface area contributed by atoms with Gasteiger partial charge in [0.05, 0.1) is 6.04 Å². The number of fused-ring (bicyclic) bond motifs is 1. The summed E-state index contributed by atoms with van der Waals surface area (Å²) in [5, 5.41) is 2.85. The highest BCUT2D eigenvalue weighted by molar-refractivity contribution is 5.82. The van der Waals surface area contributed by atoms with Crippen molar-refractivity contribution >= 4 is 5.91 Å². The Hall–Kier alpha value is -1.75. The molecule has 5 heteroatoms. The SMILES string of the molecule is CC(C)(C)[C@H](N)C(=O)NCc1ccc2c(c1)OCCO2. The van der Waals surface area contributed by atoms with Crippen LogP contribution in [-0.4, -0.2) is 25.2 Å². The highest BCUT2D eigenvalue weighted by Gasteiger charge is 2.27. The summed E-state index contributed by atoms with van der Waals surface area (Å²) in [6.45, 7) is 7.39. The highest BCUT2D eigenvalue weighted by atomic mass is 16.6. The largest absolute Gasteiger partial charge is 0.486 e. The van der Waals surface area contributed by atoms with Gasteiger partial charge in [0.15, 0.2) is 11.5 Å². The van der Waals surface area contributed by atoms with Gasteiger partial charge in [0.1, 0.15) is 13.2 Å². The van der Waals surface area contributed by atoms with Gasteiger partial charge in [0, 0.05) is 6.54 Å². The van der Waals surface area contributed by atoms with E-state index < -0.39 is 6.04 Å². The molecule has 0 bridgehead atoms. The van der Waals surface area contributed by atoms with Crippen LogP contribution in [0.3, 0.4) is 0 Å². The first-order valence-electron chi connectivity index (χ1n) is 6.80. The zero-order valence-electron chi connectivity index (χ0n) is 12.2. The molecule has 20 heavy (non-hydrogen) atoms. The van der Waals surface area contributed by atoms with Gasteiger partial charge in [-0.25, -0.2) is 0 Å². The quantitative estimate of drug-likeness (QED) is 0.877. The number of nitrogens with one attached hydrogen (secondary N) is 1. The van der Waals surface area contributed by atoms with Crippen molar-refractivity contribution in [1.82, 2.24) is 5.32 Å². The average Bonchev–Trinajstić information content (AvgIpc) is 2.42. The van der Waals surface area contributed by atoms with Gasteiger partial charge in [-0.15, -0.1) is 0 Å². The molecular formula is C15H22N2O3. The van der Waals surface area contributed by atoms with Gasteiger partial charge in [-0.2, -0.15) is 0 Å². The fraction of sp³-hybridized carbons (Fsp3) is 0.533. The summed E-state index contributed by atoms with van der Waals surface area (Å²) in [7, 11) is 0. The molecule has 0 unspecified atom stereocenters. The van der Waals surface area contributed by atoms with Crippen LogP contribution in [0, 0.1) is 5.41 Å². The minimum atomic E-state index is -0.528. The smallest absolute Gasteiger partial charge is 0.237 e. The van der Waals surface area contributed by atoms with E-state index in [0.717, 1.165) is 17.1 Å². The monoisotopic (exact) mass is 278 g/mol. The number of carbonyl (C=O) groups excluding carboxylic acids is 1. The van der Waals surface area contributed by atoms with Crippen molar-refractivity contribution in [1.29, 1.82) is 0 Å². The summed E-state index contributed by atoms with van der Waals surface area (Å²) >= 11 is 0. The Bertz CT molecular complexity index is 494. The van der Waals surface area contributed by atoms with Crippen LogP contribution in [0.4, 0.5) is 0 Å². The van der Waals surface area contributed by atoms with E-state index in [-0.39, 0.29) is 11.3 Å². The fourth-order valence-corrected chi connectivity index (χ4v) is 1.89. The van der Waals surface area contributed by atoms with Gasteiger partial charge in [-0.3, -0.25) is 4.79 Å². The number of ether oxygens (including phenoxy) is 2. The van der Waals surface area contributed by atoms with Gasteiger partial charge in [0.25, 0.3) is 0 Å². The Morgan fingerprint density at radius 3 is 2.60 bits per heavy atom. The molecule has 3 N–H and O–H groups in total. The third-order valence-electron chi connectivity index (χ3n) is 3.29. The number of carbonyl (C=O) groups is 1.